The molecule has 156 valence electrons. The second-order valence-corrected chi connectivity index (χ2v) is 9.05. The third-order valence-corrected chi connectivity index (χ3v) is 6.82. The van der Waals surface area contributed by atoms with E-state index < -0.39 is 0 Å². The van der Waals surface area contributed by atoms with Crippen LogP contribution in [0.25, 0.3) is 61.3 Å². The Bertz CT molecular complexity index is 1910. The molecule has 4 aromatic heterocycles. The first-order valence-corrected chi connectivity index (χ1v) is 11.2. The Morgan fingerprint density at radius 2 is 1.00 bits per heavy atom. The third kappa shape index (κ3) is 2.07. The monoisotopic (exact) mass is 425 g/mol. The van der Waals surface area contributed by atoms with Gasteiger partial charge in [0.2, 0.25) is 11.6 Å². The summed E-state index contributed by atoms with van der Waals surface area (Å²) in [6, 6.07) is 28.1. The molecule has 4 heterocycles. The minimum atomic E-state index is 0.902. The number of hydrogen-bond donors (Lipinski definition) is 0. The largest absolute Gasteiger partial charge is 0.276 e. The zero-order valence-corrected chi connectivity index (χ0v) is 18.2. The molecule has 0 spiro atoms. The molecule has 5 nitrogen and oxygen atoms in total. The van der Waals surface area contributed by atoms with Gasteiger partial charge in [-0.3, -0.25) is 8.80 Å². The zero-order valence-electron chi connectivity index (χ0n) is 18.2. The van der Waals surface area contributed by atoms with E-state index in [4.69, 9.17) is 9.97 Å². The number of rotatable bonds is 1. The van der Waals surface area contributed by atoms with Gasteiger partial charge in [0.1, 0.15) is 5.52 Å². The highest BCUT2D eigenvalue weighted by Gasteiger charge is 2.24. The lowest BCUT2D eigenvalue weighted by molar-refractivity contribution is 1.15. The van der Waals surface area contributed by atoms with Crippen molar-refractivity contribution in [2.75, 3.05) is 0 Å². The highest BCUT2D eigenvalue weighted by atomic mass is 15.3. The average Bonchev–Trinajstić information content (AvgIpc) is 3.52. The van der Waals surface area contributed by atoms with E-state index >= 15 is 0 Å². The van der Waals surface area contributed by atoms with E-state index in [2.05, 4.69) is 93.8 Å². The fraction of sp³-hybridized carbons (Fsp3) is 0.0714. The van der Waals surface area contributed by atoms with Crippen LogP contribution in [0.3, 0.4) is 0 Å². The number of fused-ring (bicyclic) bond motifs is 10. The van der Waals surface area contributed by atoms with Gasteiger partial charge in [-0.05, 0) is 61.4 Å². The molecule has 0 aliphatic rings. The van der Waals surface area contributed by atoms with E-state index in [1.54, 1.807) is 0 Å². The van der Waals surface area contributed by atoms with Crippen molar-refractivity contribution in [3.05, 3.63) is 90.0 Å². The van der Waals surface area contributed by atoms with Crippen LogP contribution in [0.1, 0.15) is 11.1 Å². The molecule has 8 aromatic rings. The Morgan fingerprint density at radius 3 is 1.55 bits per heavy atom. The molecule has 4 aromatic carbocycles. The topological polar surface area (TPSA) is 39.0 Å². The van der Waals surface area contributed by atoms with Crippen LogP contribution < -0.4 is 0 Å². The van der Waals surface area contributed by atoms with Crippen LogP contribution in [-0.2, 0) is 0 Å². The summed E-state index contributed by atoms with van der Waals surface area (Å²) in [4.78, 5) is 10.1. The van der Waals surface area contributed by atoms with Crippen molar-refractivity contribution in [1.29, 1.82) is 0 Å². The predicted molar refractivity (Wildman–Crippen MR) is 134 cm³/mol. The molecule has 0 N–H and O–H groups in total. The number of nitrogens with zero attached hydrogens (tertiary/aromatic N) is 5. The van der Waals surface area contributed by atoms with E-state index in [1.807, 2.05) is 12.1 Å². The number of hydrogen-bond acceptors (Lipinski definition) is 2. The van der Waals surface area contributed by atoms with Crippen LogP contribution in [0.15, 0.2) is 78.9 Å². The SMILES string of the molecule is Cc1cc(C)cc(-c2cc3c4c(c2)n2c5ccccc5nc2n4c2nc4ccccc4n32)c1. The maximum Gasteiger partial charge on any atom is 0.223 e. The summed E-state index contributed by atoms with van der Waals surface area (Å²) in [6.07, 6.45) is 0. The predicted octanol–water partition coefficient (Wildman–Crippen LogP) is 6.42. The van der Waals surface area contributed by atoms with Gasteiger partial charge in [-0.15, -0.1) is 0 Å². The molecule has 0 radical (unpaired) electrons. The summed E-state index contributed by atoms with van der Waals surface area (Å²) >= 11 is 0. The minimum absolute atomic E-state index is 0.902. The van der Waals surface area contributed by atoms with E-state index in [0.29, 0.717) is 0 Å². The third-order valence-electron chi connectivity index (χ3n) is 6.82. The second kappa shape index (κ2) is 5.70. The van der Waals surface area contributed by atoms with Crippen LogP contribution in [-0.4, -0.2) is 23.2 Å². The number of imidazole rings is 4. The van der Waals surface area contributed by atoms with Crippen LogP contribution in [0.5, 0.6) is 0 Å². The van der Waals surface area contributed by atoms with Gasteiger partial charge in [0.15, 0.2) is 0 Å². The lowest BCUT2D eigenvalue weighted by atomic mass is 10.00. The van der Waals surface area contributed by atoms with Crippen molar-refractivity contribution >= 4 is 50.2 Å². The van der Waals surface area contributed by atoms with E-state index in [0.717, 1.165) is 50.2 Å². The summed E-state index contributed by atoms with van der Waals surface area (Å²) in [5.74, 6) is 1.80. The van der Waals surface area contributed by atoms with Crippen LogP contribution in [0.4, 0.5) is 0 Å². The fourth-order valence-corrected chi connectivity index (χ4v) is 5.57. The molecular formula is C28H19N5. The van der Waals surface area contributed by atoms with Gasteiger partial charge < -0.3 is 0 Å². The first-order valence-electron chi connectivity index (χ1n) is 11.2. The van der Waals surface area contributed by atoms with Gasteiger partial charge in [-0.25, -0.2) is 14.4 Å². The Hall–Kier alpha value is -4.38. The minimum Gasteiger partial charge on any atom is -0.276 e. The molecule has 33 heavy (non-hydrogen) atoms. The molecule has 0 bridgehead atoms. The molecular weight excluding hydrogens is 406 g/mol. The molecule has 0 aliphatic carbocycles. The first kappa shape index (κ1) is 17.2. The van der Waals surface area contributed by atoms with Gasteiger partial charge in [0.25, 0.3) is 0 Å². The fourth-order valence-electron chi connectivity index (χ4n) is 5.57. The van der Waals surface area contributed by atoms with Crippen molar-refractivity contribution in [3.63, 3.8) is 0 Å². The molecule has 0 amide bonds. The second-order valence-electron chi connectivity index (χ2n) is 9.05. The number of aromatic nitrogens is 5. The summed E-state index contributed by atoms with van der Waals surface area (Å²) < 4.78 is 6.78. The maximum atomic E-state index is 5.03. The molecule has 0 saturated carbocycles. The molecule has 0 atom stereocenters. The molecule has 0 unspecified atom stereocenters. The van der Waals surface area contributed by atoms with Crippen molar-refractivity contribution in [3.8, 4) is 11.1 Å². The Morgan fingerprint density at radius 1 is 0.515 bits per heavy atom. The van der Waals surface area contributed by atoms with E-state index in [-0.39, 0.29) is 0 Å². The number of benzene rings is 4. The number of aryl methyl sites for hydroxylation is 2. The van der Waals surface area contributed by atoms with Gasteiger partial charge in [-0.2, -0.15) is 0 Å². The van der Waals surface area contributed by atoms with Crippen LogP contribution >= 0.6 is 0 Å². The summed E-state index contributed by atoms with van der Waals surface area (Å²) in [5.41, 5.74) is 12.6. The van der Waals surface area contributed by atoms with Gasteiger partial charge >= 0.3 is 0 Å². The van der Waals surface area contributed by atoms with Crippen molar-refractivity contribution in [2.24, 2.45) is 0 Å². The van der Waals surface area contributed by atoms with E-state index in [9.17, 15) is 0 Å². The van der Waals surface area contributed by atoms with Crippen molar-refractivity contribution in [2.45, 2.75) is 13.8 Å². The highest BCUT2D eigenvalue weighted by molar-refractivity contribution is 6.06. The van der Waals surface area contributed by atoms with E-state index in [1.165, 1.54) is 22.3 Å². The Kier molecular flexibility index (Phi) is 2.97. The standard InChI is InChI=1S/C28H19N5/c1-16-11-17(2)13-18(12-16)19-14-24-26-25(15-19)32-23-10-6-4-8-21(23)30-28(32)33(26)27-29-20-7-3-5-9-22(20)31(24)27/h3-15H,1-2H3. The lowest BCUT2D eigenvalue weighted by Crippen LogP contribution is -1.89. The Balaban J connectivity index is 1.67. The first-order chi connectivity index (χ1) is 16.2. The molecule has 0 saturated heterocycles. The zero-order chi connectivity index (χ0) is 21.8. The lowest BCUT2D eigenvalue weighted by Gasteiger charge is -2.07. The average molecular weight is 425 g/mol. The summed E-state index contributed by atoms with van der Waals surface area (Å²) in [7, 11) is 0. The van der Waals surface area contributed by atoms with Gasteiger partial charge in [0, 0.05) is 0 Å². The number of para-hydroxylation sites is 4. The highest BCUT2D eigenvalue weighted by Crippen LogP contribution is 2.37. The normalized spacial score (nSPS) is 12.5. The molecule has 0 fully saturated rings. The Labute approximate surface area is 188 Å². The van der Waals surface area contributed by atoms with Crippen molar-refractivity contribution in [1.82, 2.24) is 23.2 Å². The van der Waals surface area contributed by atoms with Gasteiger partial charge in [-0.1, -0.05) is 53.6 Å². The maximum absolute atomic E-state index is 5.03. The molecule has 0 aliphatic heterocycles. The molecule has 8 rings (SSSR count). The molecule has 5 heteroatoms. The summed E-state index contributed by atoms with van der Waals surface area (Å²) in [6.45, 7) is 4.32. The van der Waals surface area contributed by atoms with Crippen LogP contribution in [0.2, 0.25) is 0 Å². The van der Waals surface area contributed by atoms with Crippen molar-refractivity contribution < 1.29 is 0 Å². The smallest absolute Gasteiger partial charge is 0.223 e. The summed E-state index contributed by atoms with van der Waals surface area (Å²) in [5, 5.41) is 0. The van der Waals surface area contributed by atoms with Crippen LogP contribution in [0, 0.1) is 13.8 Å². The quantitative estimate of drug-likeness (QED) is 0.305. The van der Waals surface area contributed by atoms with Gasteiger partial charge in [0.05, 0.1) is 33.1 Å².